The Morgan fingerprint density at radius 2 is 1.98 bits per heavy atom. The molecule has 2 heterocycles. The van der Waals surface area contributed by atoms with Crippen LogP contribution in [-0.2, 0) is 33.5 Å². The molecule has 45 heavy (non-hydrogen) atoms. The predicted molar refractivity (Wildman–Crippen MR) is 156 cm³/mol. The van der Waals surface area contributed by atoms with Crippen LogP contribution in [0, 0.1) is 5.92 Å². The molecular formula is C29H40N6O10. The second kappa shape index (κ2) is 17.2. The Kier molecular flexibility index (Phi) is 13.4. The zero-order valence-corrected chi connectivity index (χ0v) is 25.0. The third kappa shape index (κ3) is 10.1. The molecule has 0 aliphatic carbocycles. The first-order valence-corrected chi connectivity index (χ1v) is 14.7. The Labute approximate surface area is 259 Å². The zero-order valence-electron chi connectivity index (χ0n) is 25.0. The number of rotatable bonds is 17. The smallest absolute Gasteiger partial charge is 0.249 e. The van der Waals surface area contributed by atoms with Crippen LogP contribution < -0.4 is 16.1 Å². The van der Waals surface area contributed by atoms with Crippen LogP contribution in [-0.4, -0.2) is 118 Å². The number of hydrazine groups is 1. The molecule has 2 aliphatic heterocycles. The summed E-state index contributed by atoms with van der Waals surface area (Å²) in [4.78, 5) is 79.2. The van der Waals surface area contributed by atoms with Gasteiger partial charge in [0.05, 0.1) is 12.2 Å². The van der Waals surface area contributed by atoms with E-state index in [9.17, 15) is 44.2 Å². The predicted octanol–water partition coefficient (Wildman–Crippen LogP) is -1.19. The van der Waals surface area contributed by atoms with E-state index in [2.05, 4.69) is 21.1 Å². The molecule has 16 heteroatoms. The molecule has 246 valence electrons. The van der Waals surface area contributed by atoms with E-state index < -0.39 is 60.6 Å². The number of nitrogens with zero attached hydrogens (tertiary/aromatic N) is 3. The quantitative estimate of drug-likeness (QED) is 0.0680. The van der Waals surface area contributed by atoms with Crippen LogP contribution >= 0.6 is 0 Å². The number of phenols is 1. The van der Waals surface area contributed by atoms with Gasteiger partial charge in [-0.15, -0.1) is 0 Å². The first-order chi connectivity index (χ1) is 21.5. The summed E-state index contributed by atoms with van der Waals surface area (Å²) < 4.78 is 5.46. The van der Waals surface area contributed by atoms with Gasteiger partial charge in [-0.25, -0.2) is 15.5 Å². The van der Waals surface area contributed by atoms with Crippen molar-refractivity contribution in [1.29, 1.82) is 0 Å². The highest BCUT2D eigenvalue weighted by Crippen LogP contribution is 2.23. The number of amides is 4. The Hall–Kier alpha value is -4.41. The summed E-state index contributed by atoms with van der Waals surface area (Å²) in [5.41, 5.74) is 3.20. The first-order valence-electron chi connectivity index (χ1n) is 14.7. The lowest BCUT2D eigenvalue weighted by Crippen LogP contribution is -2.60. The summed E-state index contributed by atoms with van der Waals surface area (Å²) in [6.45, 7) is 0.842. The molecule has 4 amide bonds. The Morgan fingerprint density at radius 1 is 1.22 bits per heavy atom. The lowest BCUT2D eigenvalue weighted by Gasteiger charge is -2.37. The number of ether oxygens (including phenoxy) is 1. The first kappa shape index (κ1) is 35.1. The second-order valence-corrected chi connectivity index (χ2v) is 10.8. The number of para-hydroxylation sites is 1. The van der Waals surface area contributed by atoms with Crippen LogP contribution in [0.2, 0.25) is 0 Å². The zero-order chi connectivity index (χ0) is 32.9. The largest absolute Gasteiger partial charge is 0.507 e. The number of phenolic OH excluding ortho intramolecular Hbond substituents is 1. The fraction of sp³-hybridized carbons (Fsp3) is 0.552. The highest BCUT2D eigenvalue weighted by molar-refractivity contribution is 6.01. The van der Waals surface area contributed by atoms with Gasteiger partial charge in [-0.05, 0) is 44.7 Å². The number of hydrogen-bond donors (Lipinski definition) is 6. The summed E-state index contributed by atoms with van der Waals surface area (Å²) in [7, 11) is 0. The van der Waals surface area contributed by atoms with Crippen LogP contribution in [0.25, 0.3) is 0 Å². The van der Waals surface area contributed by atoms with E-state index >= 15 is 0 Å². The van der Waals surface area contributed by atoms with Crippen molar-refractivity contribution in [2.75, 3.05) is 32.8 Å². The van der Waals surface area contributed by atoms with Crippen LogP contribution in [0.1, 0.15) is 51.0 Å². The van der Waals surface area contributed by atoms with Gasteiger partial charge in [0.25, 0.3) is 0 Å². The Balaban J connectivity index is 1.70. The number of carbonyl (C=O) groups excluding carboxylic acids is 6. The number of hydrogen-bond acceptors (Lipinski definition) is 12. The molecule has 0 saturated carbocycles. The normalized spacial score (nSPS) is 19.0. The average Bonchev–Trinajstić information content (AvgIpc) is 3.52. The number of nitrogens with one attached hydrogen (secondary N) is 3. The van der Waals surface area contributed by atoms with E-state index in [1.807, 2.05) is 0 Å². The van der Waals surface area contributed by atoms with Crippen LogP contribution in [0.3, 0.4) is 0 Å². The molecular weight excluding hydrogens is 592 g/mol. The van der Waals surface area contributed by atoms with Gasteiger partial charge in [-0.1, -0.05) is 12.1 Å². The van der Waals surface area contributed by atoms with Crippen molar-refractivity contribution in [1.82, 2.24) is 26.1 Å². The molecule has 4 atom stereocenters. The van der Waals surface area contributed by atoms with Crippen molar-refractivity contribution in [3.8, 4) is 5.75 Å². The molecule has 0 unspecified atom stereocenters. The summed E-state index contributed by atoms with van der Waals surface area (Å²) in [5.74, 6) is -3.61. The van der Waals surface area contributed by atoms with E-state index in [4.69, 9.17) is 4.74 Å². The molecule has 2 aliphatic rings. The number of aliphatic imine (C=N–C) groups is 1. The molecule has 0 aromatic heterocycles. The van der Waals surface area contributed by atoms with Crippen LogP contribution in [0.5, 0.6) is 5.75 Å². The molecule has 0 spiro atoms. The van der Waals surface area contributed by atoms with E-state index in [1.165, 1.54) is 18.0 Å². The summed E-state index contributed by atoms with van der Waals surface area (Å²) in [6, 6.07) is 2.92. The van der Waals surface area contributed by atoms with Crippen molar-refractivity contribution in [3.05, 3.63) is 29.8 Å². The van der Waals surface area contributed by atoms with Gasteiger partial charge in [-0.3, -0.25) is 39.0 Å². The van der Waals surface area contributed by atoms with E-state index in [0.717, 1.165) is 0 Å². The average molecular weight is 633 g/mol. The van der Waals surface area contributed by atoms with Gasteiger partial charge >= 0.3 is 0 Å². The van der Waals surface area contributed by atoms with Gasteiger partial charge < -0.3 is 25.6 Å². The van der Waals surface area contributed by atoms with Gasteiger partial charge in [0.1, 0.15) is 30.2 Å². The molecule has 1 aromatic carbocycles. The summed E-state index contributed by atoms with van der Waals surface area (Å²) in [6.07, 6.45) is 0.990. The molecule has 1 aromatic rings. The highest BCUT2D eigenvalue weighted by Gasteiger charge is 2.38. The fourth-order valence-corrected chi connectivity index (χ4v) is 4.95. The molecule has 16 nitrogen and oxygen atoms in total. The maximum atomic E-state index is 13.7. The minimum atomic E-state index is -1.39. The van der Waals surface area contributed by atoms with Gasteiger partial charge in [-0.2, -0.15) is 0 Å². The monoisotopic (exact) mass is 632 g/mol. The molecule has 6 N–H and O–H groups in total. The van der Waals surface area contributed by atoms with Crippen molar-refractivity contribution in [2.24, 2.45) is 10.9 Å². The van der Waals surface area contributed by atoms with Gasteiger partial charge in [0.15, 0.2) is 11.8 Å². The fourth-order valence-electron chi connectivity index (χ4n) is 4.95. The third-order valence-electron chi connectivity index (χ3n) is 7.40. The van der Waals surface area contributed by atoms with Crippen molar-refractivity contribution < 1.29 is 48.9 Å². The van der Waals surface area contributed by atoms with Crippen molar-refractivity contribution in [3.63, 3.8) is 0 Å². The third-order valence-corrected chi connectivity index (χ3v) is 7.40. The second-order valence-electron chi connectivity index (χ2n) is 10.8. The number of Topliss-reactive ketones (excluding diaryl/α,β-unsaturated/α-hetero) is 2. The van der Waals surface area contributed by atoms with E-state index in [0.29, 0.717) is 24.4 Å². The number of aliphatic hydroxyl groups is 1. The number of benzene rings is 1. The number of hydroxylamine groups is 2. The van der Waals surface area contributed by atoms with Crippen LogP contribution in [0.15, 0.2) is 29.3 Å². The standard InChI is InChI=1S/C29H40N6O10/c1-18(38)10-12-30-27(42)23-8-4-11-31-35(23)29(43)19(6-5-13-34(44)17-37)14-25(40)21(15-36)32-26(41)22-16-45-28(33-22)20-7-2-3-9-24(20)39/h2-3,7,9,17,19,21-23,31,36,39,44H,4-6,8,10-16H2,1H3,(H,30,42)(H,32,41)/t19-,21-,22-,23+/m0/s1. The van der Waals surface area contributed by atoms with Crippen molar-refractivity contribution in [2.45, 2.75) is 63.6 Å². The Bertz CT molecular complexity index is 1270. The van der Waals surface area contributed by atoms with Gasteiger partial charge in [0.2, 0.25) is 30.0 Å². The number of aliphatic hydroxyl groups excluding tert-OH is 1. The lowest BCUT2D eigenvalue weighted by atomic mass is 9.92. The number of carbonyl (C=O) groups is 6. The Morgan fingerprint density at radius 3 is 2.67 bits per heavy atom. The summed E-state index contributed by atoms with van der Waals surface area (Å²) in [5, 5.41) is 36.2. The number of ketones is 2. The maximum absolute atomic E-state index is 13.7. The maximum Gasteiger partial charge on any atom is 0.249 e. The van der Waals surface area contributed by atoms with E-state index in [-0.39, 0.29) is 68.4 Å². The van der Waals surface area contributed by atoms with Crippen LogP contribution in [0.4, 0.5) is 0 Å². The van der Waals surface area contributed by atoms with Crippen molar-refractivity contribution >= 4 is 41.6 Å². The molecule has 1 saturated heterocycles. The SMILES string of the molecule is CC(=O)CCNC(=O)[C@H]1CCCNN1C(=O)[C@@H](CCCN(O)C=O)CC(=O)[C@H](CO)NC(=O)[C@@H]1COC(c2ccccc2O)=N1. The minimum Gasteiger partial charge on any atom is -0.507 e. The lowest BCUT2D eigenvalue weighted by molar-refractivity contribution is -0.153. The molecule has 0 bridgehead atoms. The molecule has 0 radical (unpaired) electrons. The van der Waals surface area contributed by atoms with E-state index in [1.54, 1.807) is 18.2 Å². The van der Waals surface area contributed by atoms with Gasteiger partial charge in [0, 0.05) is 38.4 Å². The minimum absolute atomic E-state index is 0.0309. The summed E-state index contributed by atoms with van der Waals surface area (Å²) >= 11 is 0. The molecule has 3 rings (SSSR count). The number of aromatic hydroxyl groups is 1. The molecule has 1 fully saturated rings. The topological polar surface area (TPSA) is 227 Å². The highest BCUT2D eigenvalue weighted by atomic mass is 16.5.